The van der Waals surface area contributed by atoms with Crippen LogP contribution in [0.5, 0.6) is 0 Å². The van der Waals surface area contributed by atoms with Gasteiger partial charge in [0.1, 0.15) is 0 Å². The van der Waals surface area contributed by atoms with E-state index in [1.165, 1.54) is 49.7 Å². The summed E-state index contributed by atoms with van der Waals surface area (Å²) in [7, 11) is 0. The van der Waals surface area contributed by atoms with E-state index in [1.54, 1.807) is 0 Å². The number of hydrogen-bond acceptors (Lipinski definition) is 2. The van der Waals surface area contributed by atoms with Crippen molar-refractivity contribution in [1.82, 2.24) is 0 Å². The van der Waals surface area contributed by atoms with E-state index < -0.39 is 0 Å². The summed E-state index contributed by atoms with van der Waals surface area (Å²) in [5.41, 5.74) is 3.14. The van der Waals surface area contributed by atoms with Crippen molar-refractivity contribution in [3.05, 3.63) is 23.8 Å². The Balaban J connectivity index is 1.47. The molecule has 1 aliphatic heterocycles. The van der Waals surface area contributed by atoms with Crippen LogP contribution in [0, 0.1) is 29.1 Å². The summed E-state index contributed by atoms with van der Waals surface area (Å²) < 4.78 is 6.56. The Kier molecular flexibility index (Phi) is 3.62. The Hall–Kier alpha value is -0.890. The molecule has 25 heavy (non-hydrogen) atoms. The number of fused-ring (bicyclic) bond motifs is 6. The van der Waals surface area contributed by atoms with E-state index >= 15 is 0 Å². The number of hydrogen-bond donors (Lipinski definition) is 0. The minimum Gasteiger partial charge on any atom is -0.370 e. The number of ketones is 1. The molecule has 136 valence electrons. The maximum atomic E-state index is 11.8. The number of ether oxygens (including phenoxy) is 1. The van der Waals surface area contributed by atoms with Gasteiger partial charge in [0.05, 0.1) is 5.60 Å². The number of rotatable bonds is 0. The van der Waals surface area contributed by atoms with E-state index in [-0.39, 0.29) is 11.0 Å². The highest BCUT2D eigenvalue weighted by Gasteiger charge is 2.64. The van der Waals surface area contributed by atoms with Gasteiger partial charge >= 0.3 is 0 Å². The quantitative estimate of drug-likeness (QED) is 0.564. The summed E-state index contributed by atoms with van der Waals surface area (Å²) in [6, 6.07) is 0. The van der Waals surface area contributed by atoms with E-state index in [1.807, 2.05) is 6.08 Å². The lowest BCUT2D eigenvalue weighted by Crippen LogP contribution is -2.55. The van der Waals surface area contributed by atoms with Crippen LogP contribution in [0.2, 0.25) is 0 Å². The van der Waals surface area contributed by atoms with Crippen LogP contribution in [0.15, 0.2) is 23.8 Å². The van der Waals surface area contributed by atoms with Crippen LogP contribution in [0.1, 0.15) is 71.1 Å². The van der Waals surface area contributed by atoms with E-state index in [2.05, 4.69) is 13.5 Å². The first kappa shape index (κ1) is 16.3. The van der Waals surface area contributed by atoms with Crippen molar-refractivity contribution in [3.8, 4) is 0 Å². The van der Waals surface area contributed by atoms with Gasteiger partial charge in [-0.15, -0.1) is 0 Å². The second-order valence-corrected chi connectivity index (χ2v) is 9.68. The Labute approximate surface area is 152 Å². The lowest BCUT2D eigenvalue weighted by Gasteiger charge is -2.57. The molecule has 4 fully saturated rings. The number of carbonyl (C=O) groups is 1. The fourth-order valence-electron chi connectivity index (χ4n) is 7.83. The molecule has 0 aromatic carbocycles. The Morgan fingerprint density at radius 1 is 1.08 bits per heavy atom. The lowest BCUT2D eigenvalue weighted by molar-refractivity contribution is -0.144. The molecule has 0 aromatic rings. The minimum absolute atomic E-state index is 0.0282. The van der Waals surface area contributed by atoms with E-state index in [0.29, 0.717) is 11.7 Å². The molecule has 5 aliphatic rings. The average molecular weight is 341 g/mol. The molecule has 0 radical (unpaired) electrons. The zero-order chi connectivity index (χ0) is 17.2. The molecule has 4 aliphatic carbocycles. The smallest absolute Gasteiger partial charge is 0.155 e. The third-order valence-corrected chi connectivity index (χ3v) is 8.96. The lowest BCUT2D eigenvalue weighted by atomic mass is 9.50. The summed E-state index contributed by atoms with van der Waals surface area (Å²) in [5, 5.41) is 0. The monoisotopic (exact) mass is 340 g/mol. The molecule has 0 N–H and O–H groups in total. The Bertz CT molecular complexity index is 646. The highest BCUT2D eigenvalue weighted by atomic mass is 16.5. The standard InChI is InChI=1S/C23H32O2/c1-15-4-3-13-25-23(15)12-10-21-20-7-5-16-14-17(24)6-8-18(16)19(20)9-11-22(21,23)2/h14,18-21H,1,3-13H2,2H3/t18-,19+,20+,21-,22-,23-/m0/s1. The Morgan fingerprint density at radius 3 is 2.80 bits per heavy atom. The van der Waals surface area contributed by atoms with Gasteiger partial charge in [-0.25, -0.2) is 0 Å². The molecule has 2 heteroatoms. The fourth-order valence-corrected chi connectivity index (χ4v) is 7.83. The van der Waals surface area contributed by atoms with E-state index in [4.69, 9.17) is 4.74 Å². The topological polar surface area (TPSA) is 26.3 Å². The molecule has 0 bridgehead atoms. The number of carbonyl (C=O) groups excluding carboxylic acids is 1. The third-order valence-electron chi connectivity index (χ3n) is 8.96. The molecule has 1 spiro atoms. The molecule has 6 atom stereocenters. The van der Waals surface area contributed by atoms with Crippen molar-refractivity contribution in [2.45, 2.75) is 76.7 Å². The van der Waals surface area contributed by atoms with Crippen LogP contribution in [-0.4, -0.2) is 18.0 Å². The highest BCUT2D eigenvalue weighted by molar-refractivity contribution is 5.91. The molecule has 0 aromatic heterocycles. The molecule has 2 nitrogen and oxygen atoms in total. The van der Waals surface area contributed by atoms with Crippen LogP contribution in [0.3, 0.4) is 0 Å². The summed E-state index contributed by atoms with van der Waals surface area (Å²) in [6.45, 7) is 7.95. The van der Waals surface area contributed by atoms with Gasteiger partial charge in [-0.05, 0) is 93.1 Å². The normalized spacial score (nSPS) is 49.4. The molecule has 3 saturated carbocycles. The predicted octanol–water partition coefficient (Wildman–Crippen LogP) is 5.23. The molecular formula is C23H32O2. The molecule has 0 unspecified atom stereocenters. The summed E-state index contributed by atoms with van der Waals surface area (Å²) in [6.07, 6.45) is 13.8. The van der Waals surface area contributed by atoms with Crippen molar-refractivity contribution in [2.75, 3.05) is 6.61 Å². The van der Waals surface area contributed by atoms with Gasteiger partial charge < -0.3 is 4.74 Å². The van der Waals surface area contributed by atoms with Crippen molar-refractivity contribution in [3.63, 3.8) is 0 Å². The Morgan fingerprint density at radius 2 is 1.96 bits per heavy atom. The van der Waals surface area contributed by atoms with Gasteiger partial charge in [0, 0.05) is 18.4 Å². The predicted molar refractivity (Wildman–Crippen MR) is 99.2 cm³/mol. The largest absolute Gasteiger partial charge is 0.370 e. The van der Waals surface area contributed by atoms with Gasteiger partial charge in [0.2, 0.25) is 0 Å². The van der Waals surface area contributed by atoms with Crippen molar-refractivity contribution in [1.29, 1.82) is 0 Å². The maximum absolute atomic E-state index is 11.8. The van der Waals surface area contributed by atoms with Gasteiger partial charge in [0.15, 0.2) is 5.78 Å². The average Bonchev–Trinajstić information content (AvgIpc) is 2.90. The van der Waals surface area contributed by atoms with Crippen LogP contribution < -0.4 is 0 Å². The van der Waals surface area contributed by atoms with E-state index in [9.17, 15) is 4.79 Å². The summed E-state index contributed by atoms with van der Waals surface area (Å²) in [5.74, 6) is 3.52. The van der Waals surface area contributed by atoms with Crippen molar-refractivity contribution >= 4 is 5.78 Å². The molecule has 5 rings (SSSR count). The second kappa shape index (κ2) is 5.55. The van der Waals surface area contributed by atoms with Crippen molar-refractivity contribution < 1.29 is 9.53 Å². The first-order valence-corrected chi connectivity index (χ1v) is 10.6. The number of allylic oxidation sites excluding steroid dienone is 1. The van der Waals surface area contributed by atoms with Gasteiger partial charge in [-0.3, -0.25) is 4.79 Å². The zero-order valence-corrected chi connectivity index (χ0v) is 15.7. The van der Waals surface area contributed by atoms with Gasteiger partial charge in [-0.2, -0.15) is 0 Å². The highest BCUT2D eigenvalue weighted by Crippen LogP contribution is 2.68. The first-order valence-electron chi connectivity index (χ1n) is 10.6. The second-order valence-electron chi connectivity index (χ2n) is 9.68. The molecule has 1 saturated heterocycles. The van der Waals surface area contributed by atoms with E-state index in [0.717, 1.165) is 50.0 Å². The summed E-state index contributed by atoms with van der Waals surface area (Å²) in [4.78, 5) is 11.8. The van der Waals surface area contributed by atoms with Crippen LogP contribution in [-0.2, 0) is 9.53 Å². The molecule has 1 heterocycles. The van der Waals surface area contributed by atoms with Gasteiger partial charge in [0.25, 0.3) is 0 Å². The van der Waals surface area contributed by atoms with Crippen LogP contribution >= 0.6 is 0 Å². The van der Waals surface area contributed by atoms with Crippen LogP contribution in [0.25, 0.3) is 0 Å². The first-order chi connectivity index (χ1) is 12.1. The molecular weight excluding hydrogens is 308 g/mol. The van der Waals surface area contributed by atoms with Crippen molar-refractivity contribution in [2.24, 2.45) is 29.1 Å². The fraction of sp³-hybridized carbons (Fsp3) is 0.783. The minimum atomic E-state index is -0.0282. The SMILES string of the molecule is C=C1CCCO[C@@]12CC[C@H]1[C@@H]3CCC4=CC(=O)CC[C@@H]4[C@H]3CC[C@@]12C. The zero-order valence-electron chi connectivity index (χ0n) is 15.7. The van der Waals surface area contributed by atoms with Crippen LogP contribution in [0.4, 0.5) is 0 Å². The summed E-state index contributed by atoms with van der Waals surface area (Å²) >= 11 is 0. The van der Waals surface area contributed by atoms with Gasteiger partial charge in [-0.1, -0.05) is 19.1 Å². The molecule has 0 amide bonds. The maximum Gasteiger partial charge on any atom is 0.155 e. The third kappa shape index (κ3) is 2.10.